The van der Waals surface area contributed by atoms with Crippen molar-refractivity contribution in [1.29, 1.82) is 0 Å². The van der Waals surface area contributed by atoms with E-state index in [1.807, 2.05) is 5.32 Å². The van der Waals surface area contributed by atoms with Crippen LogP contribution >= 0.6 is 0 Å². The van der Waals surface area contributed by atoms with Gasteiger partial charge in [-0.15, -0.1) is 6.58 Å². The Labute approximate surface area is 113 Å². The molecule has 0 fully saturated rings. The number of aliphatic hydroxyl groups excluding tert-OH is 1. The van der Waals surface area contributed by atoms with Crippen molar-refractivity contribution in [2.75, 3.05) is 0 Å². The first-order valence-electron chi connectivity index (χ1n) is 5.63. The monoisotopic (exact) mass is 285 g/mol. The first-order valence-corrected chi connectivity index (χ1v) is 5.63. The predicted octanol–water partition coefficient (Wildman–Crippen LogP) is 1.14. The zero-order valence-electron chi connectivity index (χ0n) is 10.3. The normalized spacial score (nSPS) is 13.3. The Morgan fingerprint density at radius 3 is 2.30 bits per heavy atom. The molecule has 0 aliphatic carbocycles. The first-order chi connectivity index (χ1) is 9.35. The Kier molecular flexibility index (Phi) is 5.33. The third-order valence-corrected chi connectivity index (χ3v) is 2.47. The number of benzene rings is 1. The lowest BCUT2D eigenvalue weighted by Crippen LogP contribution is -2.42. The van der Waals surface area contributed by atoms with Gasteiger partial charge in [-0.25, -0.2) is 13.6 Å². The first kappa shape index (κ1) is 15.8. The molecule has 0 spiro atoms. The Morgan fingerprint density at radius 2 is 1.85 bits per heavy atom. The zero-order valence-corrected chi connectivity index (χ0v) is 10.3. The van der Waals surface area contributed by atoms with Gasteiger partial charge in [0.15, 0.2) is 6.10 Å². The van der Waals surface area contributed by atoms with Gasteiger partial charge in [0.2, 0.25) is 0 Å². The number of amides is 1. The molecular weight excluding hydrogens is 272 g/mol. The van der Waals surface area contributed by atoms with Crippen LogP contribution in [0.25, 0.3) is 0 Å². The van der Waals surface area contributed by atoms with E-state index < -0.39 is 35.7 Å². The largest absolute Gasteiger partial charge is 0.480 e. The van der Waals surface area contributed by atoms with E-state index >= 15 is 0 Å². The minimum Gasteiger partial charge on any atom is -0.480 e. The predicted molar refractivity (Wildman–Crippen MR) is 65.7 cm³/mol. The topological polar surface area (TPSA) is 86.6 Å². The SMILES string of the molecule is C=CCC(NC(=O)C(O)c1cc(F)cc(F)c1)C(=O)O. The van der Waals surface area contributed by atoms with Crippen LogP contribution in [0.15, 0.2) is 30.9 Å². The Balaban J connectivity index is 2.85. The molecular formula is C13H13F2NO4. The number of aliphatic carboxylic acids is 1. The fourth-order valence-electron chi connectivity index (χ4n) is 1.52. The van der Waals surface area contributed by atoms with Crippen molar-refractivity contribution in [2.24, 2.45) is 0 Å². The molecule has 1 aromatic rings. The highest BCUT2D eigenvalue weighted by Crippen LogP contribution is 2.16. The molecule has 0 aliphatic heterocycles. The maximum atomic E-state index is 13.0. The van der Waals surface area contributed by atoms with E-state index in [9.17, 15) is 23.5 Å². The number of carboxylic acids is 1. The van der Waals surface area contributed by atoms with Crippen molar-refractivity contribution in [2.45, 2.75) is 18.6 Å². The van der Waals surface area contributed by atoms with Gasteiger partial charge in [-0.05, 0) is 24.1 Å². The van der Waals surface area contributed by atoms with Crippen LogP contribution in [0.5, 0.6) is 0 Å². The van der Waals surface area contributed by atoms with Crippen LogP contribution < -0.4 is 5.32 Å². The zero-order chi connectivity index (χ0) is 15.3. The molecule has 1 rings (SSSR count). The summed E-state index contributed by atoms with van der Waals surface area (Å²) < 4.78 is 25.9. The van der Waals surface area contributed by atoms with Gasteiger partial charge in [-0.2, -0.15) is 0 Å². The second-order valence-corrected chi connectivity index (χ2v) is 4.03. The third kappa shape index (κ3) is 4.13. The van der Waals surface area contributed by atoms with Crippen molar-refractivity contribution in [3.8, 4) is 0 Å². The van der Waals surface area contributed by atoms with Crippen molar-refractivity contribution in [3.63, 3.8) is 0 Å². The number of carboxylic acid groups (broad SMARTS) is 1. The van der Waals surface area contributed by atoms with E-state index in [1.54, 1.807) is 0 Å². The van der Waals surface area contributed by atoms with E-state index in [0.717, 1.165) is 12.1 Å². The summed E-state index contributed by atoms with van der Waals surface area (Å²) in [4.78, 5) is 22.5. The molecule has 0 saturated carbocycles. The van der Waals surface area contributed by atoms with E-state index in [4.69, 9.17) is 5.11 Å². The third-order valence-electron chi connectivity index (χ3n) is 2.47. The molecule has 0 saturated heterocycles. The second kappa shape index (κ2) is 6.76. The summed E-state index contributed by atoms with van der Waals surface area (Å²) in [7, 11) is 0. The van der Waals surface area contributed by atoms with Gasteiger partial charge in [0.25, 0.3) is 5.91 Å². The Morgan fingerprint density at radius 1 is 1.30 bits per heavy atom. The highest BCUT2D eigenvalue weighted by Gasteiger charge is 2.24. The summed E-state index contributed by atoms with van der Waals surface area (Å²) in [5.41, 5.74) is -0.303. The lowest BCUT2D eigenvalue weighted by atomic mass is 10.1. The van der Waals surface area contributed by atoms with Crippen LogP contribution in [-0.4, -0.2) is 28.1 Å². The maximum absolute atomic E-state index is 13.0. The van der Waals surface area contributed by atoms with Crippen LogP contribution in [0.4, 0.5) is 8.78 Å². The molecule has 5 nitrogen and oxygen atoms in total. The minimum atomic E-state index is -1.87. The molecule has 20 heavy (non-hydrogen) atoms. The molecule has 7 heteroatoms. The van der Waals surface area contributed by atoms with E-state index in [-0.39, 0.29) is 12.0 Å². The lowest BCUT2D eigenvalue weighted by Gasteiger charge is -2.16. The van der Waals surface area contributed by atoms with E-state index in [2.05, 4.69) is 6.58 Å². The molecule has 0 bridgehead atoms. The van der Waals surface area contributed by atoms with Gasteiger partial charge >= 0.3 is 5.97 Å². The molecule has 3 N–H and O–H groups in total. The highest BCUT2D eigenvalue weighted by atomic mass is 19.1. The number of hydrogen-bond donors (Lipinski definition) is 3. The van der Waals surface area contributed by atoms with Gasteiger partial charge in [0, 0.05) is 6.07 Å². The van der Waals surface area contributed by atoms with Crippen LogP contribution in [-0.2, 0) is 9.59 Å². The van der Waals surface area contributed by atoms with Gasteiger partial charge in [-0.3, -0.25) is 4.79 Å². The van der Waals surface area contributed by atoms with E-state index in [1.165, 1.54) is 6.08 Å². The van der Waals surface area contributed by atoms with Crippen molar-refractivity contribution in [3.05, 3.63) is 48.1 Å². The fraction of sp³-hybridized carbons (Fsp3) is 0.231. The van der Waals surface area contributed by atoms with Crippen molar-refractivity contribution >= 4 is 11.9 Å². The molecule has 1 amide bonds. The second-order valence-electron chi connectivity index (χ2n) is 4.03. The number of nitrogens with one attached hydrogen (secondary N) is 1. The summed E-state index contributed by atoms with van der Waals surface area (Å²) in [5.74, 6) is -4.28. The number of hydrogen-bond acceptors (Lipinski definition) is 3. The summed E-state index contributed by atoms with van der Waals surface area (Å²) in [6, 6.07) is 0.895. The van der Waals surface area contributed by atoms with Gasteiger partial charge in [-0.1, -0.05) is 6.08 Å². The molecule has 0 aromatic heterocycles. The van der Waals surface area contributed by atoms with Crippen LogP contribution in [0.3, 0.4) is 0 Å². The summed E-state index contributed by atoms with van der Waals surface area (Å²) in [5, 5.41) is 20.6. The molecule has 2 unspecified atom stereocenters. The van der Waals surface area contributed by atoms with Crippen molar-refractivity contribution in [1.82, 2.24) is 5.32 Å². The fourth-order valence-corrected chi connectivity index (χ4v) is 1.52. The molecule has 1 aromatic carbocycles. The standard InChI is InChI=1S/C13H13F2NO4/c1-2-3-10(13(19)20)16-12(18)11(17)7-4-8(14)6-9(15)5-7/h2,4-6,10-11,17H,1,3H2,(H,16,18)(H,19,20). The van der Waals surface area contributed by atoms with Crippen LogP contribution in [0, 0.1) is 11.6 Å². The van der Waals surface area contributed by atoms with Crippen molar-refractivity contribution < 1.29 is 28.6 Å². The maximum Gasteiger partial charge on any atom is 0.326 e. The molecule has 108 valence electrons. The highest BCUT2D eigenvalue weighted by molar-refractivity contribution is 5.87. The number of aliphatic hydroxyl groups is 1. The van der Waals surface area contributed by atoms with E-state index in [0.29, 0.717) is 6.07 Å². The molecule has 0 aliphatic rings. The number of carbonyl (C=O) groups excluding carboxylic acids is 1. The number of rotatable bonds is 6. The Bertz CT molecular complexity index is 513. The summed E-state index contributed by atoms with van der Waals surface area (Å²) >= 11 is 0. The quantitative estimate of drug-likeness (QED) is 0.684. The van der Waals surface area contributed by atoms with Crippen LogP contribution in [0.2, 0.25) is 0 Å². The van der Waals surface area contributed by atoms with Crippen LogP contribution in [0.1, 0.15) is 18.1 Å². The van der Waals surface area contributed by atoms with Gasteiger partial charge in [0.1, 0.15) is 17.7 Å². The summed E-state index contributed by atoms with van der Waals surface area (Å²) in [6.45, 7) is 3.34. The summed E-state index contributed by atoms with van der Waals surface area (Å²) in [6.07, 6.45) is -0.634. The molecule has 0 radical (unpaired) electrons. The van der Waals surface area contributed by atoms with Gasteiger partial charge < -0.3 is 15.5 Å². The molecule has 0 heterocycles. The minimum absolute atomic E-state index is 0.0503. The average Bonchev–Trinajstić information content (AvgIpc) is 2.35. The lowest BCUT2D eigenvalue weighted by molar-refractivity contribution is -0.143. The molecule has 2 atom stereocenters. The average molecular weight is 285 g/mol. The number of carbonyl (C=O) groups is 2. The van der Waals surface area contributed by atoms with Gasteiger partial charge in [0.05, 0.1) is 0 Å². The Hall–Kier alpha value is -2.28. The number of halogens is 2. The smallest absolute Gasteiger partial charge is 0.326 e.